The predicted molar refractivity (Wildman–Crippen MR) is 62.7 cm³/mol. The fourth-order valence-corrected chi connectivity index (χ4v) is 2.29. The maximum atomic E-state index is 9.88. The summed E-state index contributed by atoms with van der Waals surface area (Å²) in [5.41, 5.74) is 3.53. The van der Waals surface area contributed by atoms with Crippen LogP contribution in [0.1, 0.15) is 22.8 Å². The van der Waals surface area contributed by atoms with E-state index >= 15 is 0 Å². The summed E-state index contributed by atoms with van der Waals surface area (Å²) in [6.07, 6.45) is 3.42. The van der Waals surface area contributed by atoms with Gasteiger partial charge >= 0.3 is 0 Å². The molecule has 0 fully saturated rings. The molecule has 74 valence electrons. The van der Waals surface area contributed by atoms with Crippen molar-refractivity contribution in [2.45, 2.75) is 13.0 Å². The molecule has 0 saturated carbocycles. The number of aliphatic hydroxyl groups excluding tert-OH is 1. The molecule has 3 rings (SSSR count). The van der Waals surface area contributed by atoms with Crippen molar-refractivity contribution in [1.82, 2.24) is 0 Å². The first kappa shape index (κ1) is 8.69. The minimum Gasteiger partial charge on any atom is -0.384 e. The van der Waals surface area contributed by atoms with Crippen LogP contribution in [0.5, 0.6) is 0 Å². The van der Waals surface area contributed by atoms with Gasteiger partial charge in [0, 0.05) is 0 Å². The molecule has 0 amide bonds. The second kappa shape index (κ2) is 2.94. The van der Waals surface area contributed by atoms with Gasteiger partial charge in [0.25, 0.3) is 0 Å². The average molecular weight is 196 g/mol. The summed E-state index contributed by atoms with van der Waals surface area (Å²) in [5, 5.41) is 12.3. The second-order valence-corrected chi connectivity index (χ2v) is 4.05. The molecule has 0 aromatic heterocycles. The Balaban J connectivity index is 2.53. The van der Waals surface area contributed by atoms with Crippen LogP contribution in [0.25, 0.3) is 16.8 Å². The van der Waals surface area contributed by atoms with E-state index in [1.54, 1.807) is 0 Å². The van der Waals surface area contributed by atoms with Crippen molar-refractivity contribution >= 4 is 16.8 Å². The quantitative estimate of drug-likeness (QED) is 0.686. The summed E-state index contributed by atoms with van der Waals surface area (Å²) in [5.74, 6) is 0. The topological polar surface area (TPSA) is 20.2 Å². The lowest BCUT2D eigenvalue weighted by Crippen LogP contribution is -2.01. The van der Waals surface area contributed by atoms with E-state index in [1.165, 1.54) is 21.9 Å². The Morgan fingerprint density at radius 2 is 2.00 bits per heavy atom. The highest BCUT2D eigenvalue weighted by Crippen LogP contribution is 2.34. The molecule has 1 aliphatic rings. The van der Waals surface area contributed by atoms with E-state index in [0.717, 1.165) is 5.56 Å². The predicted octanol–water partition coefficient (Wildman–Crippen LogP) is 3.21. The Bertz CT molecular complexity index is 567. The monoisotopic (exact) mass is 196 g/mol. The summed E-state index contributed by atoms with van der Waals surface area (Å²) in [6.45, 7) is 2.10. The lowest BCUT2D eigenvalue weighted by Gasteiger charge is -2.18. The maximum Gasteiger partial charge on any atom is 0.0981 e. The molecule has 1 nitrogen and oxygen atoms in total. The lowest BCUT2D eigenvalue weighted by atomic mass is 9.89. The molecule has 0 bridgehead atoms. The number of aliphatic hydroxyl groups is 1. The van der Waals surface area contributed by atoms with Crippen molar-refractivity contribution in [1.29, 1.82) is 0 Å². The van der Waals surface area contributed by atoms with Gasteiger partial charge in [0.15, 0.2) is 0 Å². The summed E-state index contributed by atoms with van der Waals surface area (Å²) >= 11 is 0. The van der Waals surface area contributed by atoms with Crippen LogP contribution in [0.15, 0.2) is 36.4 Å². The minimum atomic E-state index is -0.456. The number of hydrogen-bond acceptors (Lipinski definition) is 1. The lowest BCUT2D eigenvalue weighted by molar-refractivity contribution is 0.230. The molecule has 0 saturated heterocycles. The van der Waals surface area contributed by atoms with Crippen LogP contribution in [-0.4, -0.2) is 5.11 Å². The number of hydrogen-bond donors (Lipinski definition) is 1. The van der Waals surface area contributed by atoms with Crippen molar-refractivity contribution in [3.8, 4) is 0 Å². The Morgan fingerprint density at radius 1 is 1.13 bits per heavy atom. The summed E-state index contributed by atoms with van der Waals surface area (Å²) < 4.78 is 0. The van der Waals surface area contributed by atoms with Crippen molar-refractivity contribution < 1.29 is 5.11 Å². The van der Waals surface area contributed by atoms with Gasteiger partial charge < -0.3 is 5.11 Å². The highest BCUT2D eigenvalue weighted by molar-refractivity contribution is 5.96. The normalized spacial score (nSPS) is 18.4. The van der Waals surface area contributed by atoms with Crippen LogP contribution >= 0.6 is 0 Å². The molecule has 1 N–H and O–H groups in total. The molecule has 1 atom stereocenters. The standard InChI is InChI=1S/C14H12O/c1-9-5-6-10-3-2-4-12-13(15)8-7-11(9)14(10)12/h2-8,13,15H,1H3. The molecule has 0 radical (unpaired) electrons. The van der Waals surface area contributed by atoms with Gasteiger partial charge in [-0.15, -0.1) is 0 Å². The van der Waals surface area contributed by atoms with Crippen LogP contribution in [0.3, 0.4) is 0 Å². The van der Waals surface area contributed by atoms with Gasteiger partial charge in [-0.25, -0.2) is 0 Å². The first-order valence-corrected chi connectivity index (χ1v) is 5.16. The molecule has 0 heterocycles. The molecule has 15 heavy (non-hydrogen) atoms. The van der Waals surface area contributed by atoms with Crippen LogP contribution in [0, 0.1) is 6.92 Å². The SMILES string of the molecule is Cc1ccc2cccc3c2c1C=CC3O. The molecular formula is C14H12O. The van der Waals surface area contributed by atoms with Gasteiger partial charge in [-0.3, -0.25) is 0 Å². The molecule has 0 aliphatic heterocycles. The third-order valence-electron chi connectivity index (χ3n) is 3.10. The summed E-state index contributed by atoms with van der Waals surface area (Å²) in [6, 6.07) is 10.3. The Hall–Kier alpha value is -1.60. The number of aryl methyl sites for hydroxylation is 1. The van der Waals surface area contributed by atoms with Gasteiger partial charge in [-0.1, -0.05) is 42.5 Å². The van der Waals surface area contributed by atoms with Crippen LogP contribution in [-0.2, 0) is 0 Å². The van der Waals surface area contributed by atoms with E-state index < -0.39 is 6.10 Å². The summed E-state index contributed by atoms with van der Waals surface area (Å²) in [7, 11) is 0. The second-order valence-electron chi connectivity index (χ2n) is 4.05. The van der Waals surface area contributed by atoms with E-state index in [1.807, 2.05) is 24.3 Å². The van der Waals surface area contributed by atoms with Gasteiger partial charge in [-0.2, -0.15) is 0 Å². The molecule has 1 heteroatoms. The van der Waals surface area contributed by atoms with E-state index in [-0.39, 0.29) is 0 Å². The van der Waals surface area contributed by atoms with E-state index in [2.05, 4.69) is 25.1 Å². The average Bonchev–Trinajstić information content (AvgIpc) is 2.26. The van der Waals surface area contributed by atoms with E-state index in [0.29, 0.717) is 0 Å². The van der Waals surface area contributed by atoms with Crippen molar-refractivity contribution in [2.24, 2.45) is 0 Å². The van der Waals surface area contributed by atoms with Crippen molar-refractivity contribution in [3.63, 3.8) is 0 Å². The highest BCUT2D eigenvalue weighted by atomic mass is 16.3. The first-order chi connectivity index (χ1) is 7.27. The Labute approximate surface area is 88.7 Å². The number of rotatable bonds is 0. The zero-order valence-electron chi connectivity index (χ0n) is 8.57. The highest BCUT2D eigenvalue weighted by Gasteiger charge is 2.15. The Morgan fingerprint density at radius 3 is 2.87 bits per heavy atom. The minimum absolute atomic E-state index is 0.456. The maximum absolute atomic E-state index is 9.88. The molecular weight excluding hydrogens is 184 g/mol. The zero-order chi connectivity index (χ0) is 10.4. The third-order valence-corrected chi connectivity index (χ3v) is 3.10. The van der Waals surface area contributed by atoms with Gasteiger partial charge in [0.1, 0.15) is 0 Å². The molecule has 2 aromatic rings. The van der Waals surface area contributed by atoms with E-state index in [9.17, 15) is 5.11 Å². The molecule has 1 aliphatic carbocycles. The van der Waals surface area contributed by atoms with Crippen LogP contribution < -0.4 is 0 Å². The zero-order valence-corrected chi connectivity index (χ0v) is 8.57. The van der Waals surface area contributed by atoms with E-state index in [4.69, 9.17) is 0 Å². The fourth-order valence-electron chi connectivity index (χ4n) is 2.29. The third kappa shape index (κ3) is 1.13. The van der Waals surface area contributed by atoms with Gasteiger partial charge in [-0.05, 0) is 34.4 Å². The first-order valence-electron chi connectivity index (χ1n) is 5.16. The van der Waals surface area contributed by atoms with Crippen LogP contribution in [0.4, 0.5) is 0 Å². The van der Waals surface area contributed by atoms with Crippen LogP contribution in [0.2, 0.25) is 0 Å². The van der Waals surface area contributed by atoms with Crippen molar-refractivity contribution in [3.05, 3.63) is 53.1 Å². The smallest absolute Gasteiger partial charge is 0.0981 e. The fraction of sp³-hybridized carbons (Fsp3) is 0.143. The number of benzene rings is 2. The molecule has 1 unspecified atom stereocenters. The largest absolute Gasteiger partial charge is 0.384 e. The molecule has 2 aromatic carbocycles. The summed E-state index contributed by atoms with van der Waals surface area (Å²) in [4.78, 5) is 0. The van der Waals surface area contributed by atoms with Gasteiger partial charge in [0.2, 0.25) is 0 Å². The van der Waals surface area contributed by atoms with Gasteiger partial charge in [0.05, 0.1) is 6.10 Å². The van der Waals surface area contributed by atoms with Crippen molar-refractivity contribution in [2.75, 3.05) is 0 Å². The Kier molecular flexibility index (Phi) is 1.70. The molecule has 0 spiro atoms.